The Morgan fingerprint density at radius 1 is 1.32 bits per heavy atom. The van der Waals surface area contributed by atoms with Gasteiger partial charge in [0.05, 0.1) is 24.0 Å². The predicted octanol–water partition coefficient (Wildman–Crippen LogP) is 2.07. The van der Waals surface area contributed by atoms with Crippen LogP contribution >= 0.6 is 23.2 Å². The van der Waals surface area contributed by atoms with E-state index >= 15 is 0 Å². The number of aliphatic hydroxyl groups is 1. The van der Waals surface area contributed by atoms with Crippen LogP contribution in [0.4, 0.5) is 0 Å². The summed E-state index contributed by atoms with van der Waals surface area (Å²) in [5, 5.41) is 9.36. The van der Waals surface area contributed by atoms with E-state index in [0.717, 1.165) is 5.56 Å². The molecule has 1 fully saturated rings. The molecular formula is C15H18Cl2O5. The van der Waals surface area contributed by atoms with Gasteiger partial charge in [0.2, 0.25) is 0 Å². The van der Waals surface area contributed by atoms with Crippen molar-refractivity contribution in [3.63, 3.8) is 0 Å². The lowest BCUT2D eigenvalue weighted by Crippen LogP contribution is -2.58. The SMILES string of the molecule is CC(=O)O[C@@H]1[C@@H](OCc2ccccc2)[C@@H](Cl)[C@@H](CCl)O[C@@H]1O. The lowest BCUT2D eigenvalue weighted by molar-refractivity contribution is -0.257. The molecule has 7 heteroatoms. The molecule has 0 spiro atoms. The molecule has 0 saturated carbocycles. The average Bonchev–Trinajstić information content (AvgIpc) is 2.50. The highest BCUT2D eigenvalue weighted by Gasteiger charge is 2.47. The van der Waals surface area contributed by atoms with Crippen molar-refractivity contribution >= 4 is 29.2 Å². The van der Waals surface area contributed by atoms with Gasteiger partial charge in [-0.25, -0.2) is 0 Å². The molecule has 1 N–H and O–H groups in total. The summed E-state index contributed by atoms with van der Waals surface area (Å²) in [6.45, 7) is 1.52. The molecule has 1 saturated heterocycles. The first-order chi connectivity index (χ1) is 10.5. The number of aliphatic hydroxyl groups excluding tert-OH is 1. The molecule has 0 amide bonds. The van der Waals surface area contributed by atoms with Gasteiger partial charge in [0.25, 0.3) is 0 Å². The highest BCUT2D eigenvalue weighted by atomic mass is 35.5. The first kappa shape index (κ1) is 17.5. The van der Waals surface area contributed by atoms with Gasteiger partial charge < -0.3 is 19.3 Å². The van der Waals surface area contributed by atoms with Gasteiger partial charge in [0.15, 0.2) is 12.4 Å². The van der Waals surface area contributed by atoms with Crippen LogP contribution in [0.3, 0.4) is 0 Å². The standard InChI is InChI=1S/C15H18Cl2O5/c1-9(18)21-14-13(12(17)11(7-16)22-15(14)19)20-8-10-5-3-2-4-6-10/h2-6,11-15,19H,7-8H2,1H3/t11-,12+,13+,14-,15+/m1/s1. The topological polar surface area (TPSA) is 65.0 Å². The van der Waals surface area contributed by atoms with Crippen LogP contribution in [0.1, 0.15) is 12.5 Å². The summed E-state index contributed by atoms with van der Waals surface area (Å²) in [6, 6.07) is 9.48. The number of benzene rings is 1. The van der Waals surface area contributed by atoms with Crippen LogP contribution in [-0.2, 0) is 25.6 Å². The van der Waals surface area contributed by atoms with Gasteiger partial charge in [-0.15, -0.1) is 23.2 Å². The minimum absolute atomic E-state index is 0.100. The Morgan fingerprint density at radius 2 is 2.00 bits per heavy atom. The molecule has 22 heavy (non-hydrogen) atoms. The molecule has 0 aromatic heterocycles. The molecule has 1 aromatic rings. The van der Waals surface area contributed by atoms with E-state index in [1.807, 2.05) is 30.3 Å². The lowest BCUT2D eigenvalue weighted by atomic mass is 10.0. The maximum absolute atomic E-state index is 11.2. The highest BCUT2D eigenvalue weighted by molar-refractivity contribution is 6.23. The van der Waals surface area contributed by atoms with Gasteiger partial charge in [-0.3, -0.25) is 4.79 Å². The fourth-order valence-electron chi connectivity index (χ4n) is 2.28. The second kappa shape index (κ2) is 8.13. The zero-order valence-corrected chi connectivity index (χ0v) is 13.5. The minimum Gasteiger partial charge on any atom is -0.454 e. The van der Waals surface area contributed by atoms with E-state index in [1.54, 1.807) is 0 Å². The second-order valence-corrected chi connectivity index (χ2v) is 5.81. The fourth-order valence-corrected chi connectivity index (χ4v) is 3.00. The van der Waals surface area contributed by atoms with E-state index in [2.05, 4.69) is 0 Å². The molecule has 1 aliphatic heterocycles. The monoisotopic (exact) mass is 348 g/mol. The second-order valence-electron chi connectivity index (χ2n) is 5.00. The molecule has 0 unspecified atom stereocenters. The molecule has 5 nitrogen and oxygen atoms in total. The maximum atomic E-state index is 11.2. The first-order valence-electron chi connectivity index (χ1n) is 6.89. The van der Waals surface area contributed by atoms with E-state index < -0.39 is 35.9 Å². The third-order valence-electron chi connectivity index (χ3n) is 3.33. The number of esters is 1. The smallest absolute Gasteiger partial charge is 0.303 e. The van der Waals surface area contributed by atoms with Crippen molar-refractivity contribution in [1.82, 2.24) is 0 Å². The molecule has 5 atom stereocenters. The summed E-state index contributed by atoms with van der Waals surface area (Å²) >= 11 is 12.1. The van der Waals surface area contributed by atoms with E-state index in [1.165, 1.54) is 6.92 Å². The van der Waals surface area contributed by atoms with Gasteiger partial charge >= 0.3 is 5.97 Å². The quantitative estimate of drug-likeness (QED) is 0.651. The molecule has 1 heterocycles. The zero-order chi connectivity index (χ0) is 16.1. The summed E-state index contributed by atoms with van der Waals surface area (Å²) in [5.74, 6) is -0.447. The predicted molar refractivity (Wildman–Crippen MR) is 81.8 cm³/mol. The summed E-state index contributed by atoms with van der Waals surface area (Å²) in [6.07, 6.45) is -3.64. The van der Waals surface area contributed by atoms with Crippen LogP contribution < -0.4 is 0 Å². The van der Waals surface area contributed by atoms with Crippen LogP contribution in [0.5, 0.6) is 0 Å². The number of ether oxygens (including phenoxy) is 3. The maximum Gasteiger partial charge on any atom is 0.303 e. The Bertz CT molecular complexity index is 484. The van der Waals surface area contributed by atoms with Crippen molar-refractivity contribution in [1.29, 1.82) is 0 Å². The van der Waals surface area contributed by atoms with Crippen LogP contribution in [-0.4, -0.2) is 46.9 Å². The first-order valence-corrected chi connectivity index (χ1v) is 7.86. The molecule has 0 bridgehead atoms. The van der Waals surface area contributed by atoms with E-state index in [4.69, 9.17) is 37.4 Å². The largest absolute Gasteiger partial charge is 0.454 e. The van der Waals surface area contributed by atoms with Gasteiger partial charge in [-0.2, -0.15) is 0 Å². The van der Waals surface area contributed by atoms with E-state index in [-0.39, 0.29) is 12.5 Å². The molecule has 0 radical (unpaired) electrons. The van der Waals surface area contributed by atoms with Crippen molar-refractivity contribution in [3.05, 3.63) is 35.9 Å². The van der Waals surface area contributed by atoms with E-state index in [0.29, 0.717) is 0 Å². The average molecular weight is 349 g/mol. The fraction of sp³-hybridized carbons (Fsp3) is 0.533. The summed E-state index contributed by atoms with van der Waals surface area (Å²) in [7, 11) is 0. The Kier molecular flexibility index (Phi) is 6.47. The van der Waals surface area contributed by atoms with Crippen LogP contribution in [0.2, 0.25) is 0 Å². The van der Waals surface area contributed by atoms with Crippen LogP contribution in [0.15, 0.2) is 30.3 Å². The third-order valence-corrected chi connectivity index (χ3v) is 4.16. The van der Waals surface area contributed by atoms with Gasteiger partial charge in [0.1, 0.15) is 6.10 Å². The van der Waals surface area contributed by atoms with E-state index in [9.17, 15) is 9.90 Å². The number of hydrogen-bond donors (Lipinski definition) is 1. The summed E-state index contributed by atoms with van der Waals surface area (Å²) < 4.78 is 16.2. The minimum atomic E-state index is -1.33. The van der Waals surface area contributed by atoms with Crippen molar-refractivity contribution < 1.29 is 24.1 Å². The van der Waals surface area contributed by atoms with Gasteiger partial charge in [0, 0.05) is 6.92 Å². The highest BCUT2D eigenvalue weighted by Crippen LogP contribution is 2.30. The Labute approximate surface area is 139 Å². The van der Waals surface area contributed by atoms with Gasteiger partial charge in [-0.1, -0.05) is 30.3 Å². The number of carbonyl (C=O) groups excluding carboxylic acids is 1. The Balaban J connectivity index is 2.10. The summed E-state index contributed by atoms with van der Waals surface area (Å²) in [4.78, 5) is 11.2. The molecule has 2 rings (SSSR count). The summed E-state index contributed by atoms with van der Waals surface area (Å²) in [5.41, 5.74) is 0.941. The molecule has 1 aromatic carbocycles. The number of hydrogen-bond acceptors (Lipinski definition) is 5. The van der Waals surface area contributed by atoms with Gasteiger partial charge in [-0.05, 0) is 5.56 Å². The molecular weight excluding hydrogens is 331 g/mol. The van der Waals surface area contributed by atoms with Crippen LogP contribution in [0.25, 0.3) is 0 Å². The number of rotatable bonds is 5. The molecule has 1 aliphatic rings. The molecule has 0 aliphatic carbocycles. The zero-order valence-electron chi connectivity index (χ0n) is 12.0. The van der Waals surface area contributed by atoms with Crippen molar-refractivity contribution in [3.8, 4) is 0 Å². The lowest BCUT2D eigenvalue weighted by Gasteiger charge is -2.41. The number of halogens is 2. The van der Waals surface area contributed by atoms with Crippen LogP contribution in [0, 0.1) is 0 Å². The Hall–Kier alpha value is -0.850. The number of carbonyl (C=O) groups is 1. The van der Waals surface area contributed by atoms with Crippen molar-refractivity contribution in [2.75, 3.05) is 5.88 Å². The number of alkyl halides is 2. The molecule has 122 valence electrons. The van der Waals surface area contributed by atoms with Crippen molar-refractivity contribution in [2.24, 2.45) is 0 Å². The van der Waals surface area contributed by atoms with Crippen molar-refractivity contribution in [2.45, 2.75) is 43.5 Å². The Morgan fingerprint density at radius 3 is 2.59 bits per heavy atom. The third kappa shape index (κ3) is 4.33. The normalized spacial score (nSPS) is 31.7.